The molecule has 0 aromatic heterocycles. The maximum atomic E-state index is 13.5. The van der Waals surface area contributed by atoms with Crippen molar-refractivity contribution in [3.8, 4) is 0 Å². The number of hydrogen-bond donors (Lipinski definition) is 2. The van der Waals surface area contributed by atoms with Crippen molar-refractivity contribution in [3.05, 3.63) is 35.4 Å². The van der Waals surface area contributed by atoms with Gasteiger partial charge < -0.3 is 5.32 Å². The van der Waals surface area contributed by atoms with Crippen LogP contribution in [0.1, 0.15) is 12.5 Å². The minimum Gasteiger partial charge on any atom is -0.341 e. The van der Waals surface area contributed by atoms with Gasteiger partial charge in [-0.2, -0.15) is 0 Å². The van der Waals surface area contributed by atoms with Gasteiger partial charge in [0.15, 0.2) is 0 Å². The zero-order valence-electron chi connectivity index (χ0n) is 11.4. The molecule has 0 aliphatic heterocycles. The predicted molar refractivity (Wildman–Crippen MR) is 69.9 cm³/mol. The van der Waals surface area contributed by atoms with E-state index in [1.165, 1.54) is 18.0 Å². The first-order chi connectivity index (χ1) is 9.47. The highest BCUT2D eigenvalue weighted by Crippen LogP contribution is 2.14. The van der Waals surface area contributed by atoms with Gasteiger partial charge in [-0.25, -0.2) is 13.6 Å². The molecule has 0 saturated heterocycles. The molecule has 1 rings (SSSR count). The third-order valence-corrected chi connectivity index (χ3v) is 2.74. The van der Waals surface area contributed by atoms with Crippen molar-refractivity contribution < 1.29 is 18.4 Å². The number of nitrogens with one attached hydrogen (secondary N) is 2. The molecule has 1 aromatic carbocycles. The van der Waals surface area contributed by atoms with Gasteiger partial charge in [-0.15, -0.1) is 0 Å². The second-order valence-corrected chi connectivity index (χ2v) is 4.13. The van der Waals surface area contributed by atoms with Crippen LogP contribution in [-0.2, 0) is 11.3 Å². The zero-order chi connectivity index (χ0) is 15.1. The second-order valence-electron chi connectivity index (χ2n) is 4.13. The molecule has 0 aliphatic carbocycles. The maximum Gasteiger partial charge on any atom is 0.321 e. The van der Waals surface area contributed by atoms with Crippen LogP contribution in [0.4, 0.5) is 13.6 Å². The quantitative estimate of drug-likeness (QED) is 0.855. The summed E-state index contributed by atoms with van der Waals surface area (Å²) < 4.78 is 27.0. The van der Waals surface area contributed by atoms with Crippen LogP contribution >= 0.6 is 0 Å². The third kappa shape index (κ3) is 4.58. The zero-order valence-corrected chi connectivity index (χ0v) is 11.4. The fraction of sp³-hybridized carbons (Fsp3) is 0.385. The Kier molecular flexibility index (Phi) is 6.05. The number of urea groups is 1. The third-order valence-electron chi connectivity index (χ3n) is 2.74. The number of rotatable bonds is 5. The summed E-state index contributed by atoms with van der Waals surface area (Å²) in [4.78, 5) is 24.0. The fourth-order valence-corrected chi connectivity index (χ4v) is 1.62. The average Bonchev–Trinajstić information content (AvgIpc) is 2.41. The second kappa shape index (κ2) is 7.54. The van der Waals surface area contributed by atoms with Crippen molar-refractivity contribution in [2.75, 3.05) is 20.1 Å². The molecule has 0 unspecified atom stereocenters. The van der Waals surface area contributed by atoms with Crippen molar-refractivity contribution in [1.82, 2.24) is 15.5 Å². The Balaban J connectivity index is 2.68. The molecule has 0 atom stereocenters. The summed E-state index contributed by atoms with van der Waals surface area (Å²) in [6.45, 7) is 1.99. The Morgan fingerprint density at radius 3 is 2.35 bits per heavy atom. The van der Waals surface area contributed by atoms with Crippen molar-refractivity contribution in [2.45, 2.75) is 13.5 Å². The highest BCUT2D eigenvalue weighted by atomic mass is 19.1. The van der Waals surface area contributed by atoms with Crippen molar-refractivity contribution in [1.29, 1.82) is 0 Å². The molecule has 0 saturated carbocycles. The molecule has 0 spiro atoms. The molecule has 0 fully saturated rings. The first-order valence-electron chi connectivity index (χ1n) is 6.14. The lowest BCUT2D eigenvalue weighted by Gasteiger charge is -2.20. The first kappa shape index (κ1) is 16.0. The standard InChI is InChI=1S/C13H17F2N3O2/c1-3-18(8-12(19)17-13(20)16-2)7-9-10(14)5-4-6-11(9)15/h4-6H,3,7-8H2,1-2H3,(H2,16,17,19,20). The number of halogens is 2. The topological polar surface area (TPSA) is 61.4 Å². The molecular formula is C13H17F2N3O2. The Bertz CT molecular complexity index is 474. The monoisotopic (exact) mass is 285 g/mol. The molecule has 0 aliphatic rings. The fourth-order valence-electron chi connectivity index (χ4n) is 1.62. The largest absolute Gasteiger partial charge is 0.341 e. The van der Waals surface area contributed by atoms with Crippen molar-refractivity contribution in [3.63, 3.8) is 0 Å². The Labute approximate surface area is 115 Å². The van der Waals surface area contributed by atoms with Crippen LogP contribution in [0, 0.1) is 11.6 Å². The molecule has 3 amide bonds. The minimum atomic E-state index is -0.657. The number of hydrogen-bond acceptors (Lipinski definition) is 3. The lowest BCUT2D eigenvalue weighted by molar-refractivity contribution is -0.121. The number of amides is 3. The number of likely N-dealkylation sites (N-methyl/N-ethyl adjacent to an activating group) is 1. The van der Waals surface area contributed by atoms with E-state index in [0.29, 0.717) is 6.54 Å². The van der Waals surface area contributed by atoms with Gasteiger partial charge in [-0.05, 0) is 18.7 Å². The number of nitrogens with zero attached hydrogens (tertiary/aromatic N) is 1. The predicted octanol–water partition coefficient (Wildman–Crippen LogP) is 1.24. The molecule has 0 radical (unpaired) electrons. The lowest BCUT2D eigenvalue weighted by Crippen LogP contribution is -2.43. The summed E-state index contributed by atoms with van der Waals surface area (Å²) in [6.07, 6.45) is 0. The van der Waals surface area contributed by atoms with Gasteiger partial charge >= 0.3 is 6.03 Å². The van der Waals surface area contributed by atoms with Crippen molar-refractivity contribution in [2.24, 2.45) is 0 Å². The molecule has 2 N–H and O–H groups in total. The molecule has 20 heavy (non-hydrogen) atoms. The highest BCUT2D eigenvalue weighted by Gasteiger charge is 2.16. The highest BCUT2D eigenvalue weighted by molar-refractivity contribution is 5.95. The van der Waals surface area contributed by atoms with Gasteiger partial charge in [-0.3, -0.25) is 15.0 Å². The normalized spacial score (nSPS) is 10.4. The van der Waals surface area contributed by atoms with Gasteiger partial charge in [0, 0.05) is 19.2 Å². The Hall–Kier alpha value is -2.02. The molecule has 0 heterocycles. The summed E-state index contributed by atoms with van der Waals surface area (Å²) >= 11 is 0. The van der Waals surface area contributed by atoms with Crippen LogP contribution in [0.5, 0.6) is 0 Å². The minimum absolute atomic E-state index is 0.0455. The van der Waals surface area contributed by atoms with E-state index in [2.05, 4.69) is 10.6 Å². The van der Waals surface area contributed by atoms with Crippen LogP contribution in [-0.4, -0.2) is 37.0 Å². The molecular weight excluding hydrogens is 268 g/mol. The van der Waals surface area contributed by atoms with Crippen LogP contribution in [0.2, 0.25) is 0 Å². The summed E-state index contributed by atoms with van der Waals surface area (Å²) in [5.74, 6) is -1.85. The summed E-state index contributed by atoms with van der Waals surface area (Å²) in [6, 6.07) is 2.99. The molecule has 7 heteroatoms. The number of benzene rings is 1. The van der Waals surface area contributed by atoms with Crippen molar-refractivity contribution >= 4 is 11.9 Å². The maximum absolute atomic E-state index is 13.5. The summed E-state index contributed by atoms with van der Waals surface area (Å²) in [5.41, 5.74) is -0.0953. The smallest absolute Gasteiger partial charge is 0.321 e. The van der Waals surface area contributed by atoms with E-state index in [9.17, 15) is 18.4 Å². The average molecular weight is 285 g/mol. The Morgan fingerprint density at radius 1 is 1.25 bits per heavy atom. The van der Waals surface area contributed by atoms with E-state index in [4.69, 9.17) is 0 Å². The molecule has 110 valence electrons. The number of carbonyl (C=O) groups excluding carboxylic acids is 2. The van der Waals surface area contributed by atoms with Crippen LogP contribution in [0.25, 0.3) is 0 Å². The van der Waals surface area contributed by atoms with Gasteiger partial charge in [0.1, 0.15) is 11.6 Å². The van der Waals surface area contributed by atoms with E-state index >= 15 is 0 Å². The lowest BCUT2D eigenvalue weighted by atomic mass is 10.2. The van der Waals surface area contributed by atoms with E-state index < -0.39 is 23.6 Å². The number of imide groups is 1. The molecule has 1 aromatic rings. The van der Waals surface area contributed by atoms with Crippen LogP contribution in [0.15, 0.2) is 18.2 Å². The van der Waals surface area contributed by atoms with Gasteiger partial charge in [0.25, 0.3) is 0 Å². The first-order valence-corrected chi connectivity index (χ1v) is 6.14. The summed E-state index contributed by atoms with van der Waals surface area (Å²) in [7, 11) is 1.38. The summed E-state index contributed by atoms with van der Waals surface area (Å²) in [5, 5.41) is 4.34. The van der Waals surface area contributed by atoms with Gasteiger partial charge in [0.05, 0.1) is 6.54 Å². The van der Waals surface area contributed by atoms with Gasteiger partial charge in [-0.1, -0.05) is 13.0 Å². The van der Waals surface area contributed by atoms with E-state index in [0.717, 1.165) is 12.1 Å². The number of carbonyl (C=O) groups is 2. The van der Waals surface area contributed by atoms with E-state index in [1.54, 1.807) is 6.92 Å². The van der Waals surface area contributed by atoms with E-state index in [1.807, 2.05) is 0 Å². The molecule has 5 nitrogen and oxygen atoms in total. The van der Waals surface area contributed by atoms with E-state index in [-0.39, 0.29) is 18.7 Å². The molecule has 0 bridgehead atoms. The van der Waals surface area contributed by atoms with Crippen LogP contribution < -0.4 is 10.6 Å². The Morgan fingerprint density at radius 2 is 1.85 bits per heavy atom. The SMILES string of the molecule is CCN(CC(=O)NC(=O)NC)Cc1c(F)cccc1F. The van der Waals surface area contributed by atoms with Crippen LogP contribution in [0.3, 0.4) is 0 Å². The van der Waals surface area contributed by atoms with Gasteiger partial charge in [0.2, 0.25) is 5.91 Å².